The molecule has 0 radical (unpaired) electrons. The smallest absolute Gasteiger partial charge is 0.308 e. The van der Waals surface area contributed by atoms with Gasteiger partial charge < -0.3 is 9.84 Å². The molecule has 3 aliphatic carbocycles. The lowest BCUT2D eigenvalue weighted by molar-refractivity contribution is -0.131. The molecule has 0 bridgehead atoms. The molecule has 0 heterocycles. The number of allylic oxidation sites excluding steroid dienone is 2. The molecular weight excluding hydrogens is 312 g/mol. The van der Waals surface area contributed by atoms with Gasteiger partial charge in [-0.15, -0.1) is 6.42 Å². The summed E-state index contributed by atoms with van der Waals surface area (Å²) in [6, 6.07) is 5.99. The minimum absolute atomic E-state index is 0.223. The SMILES string of the molecule is C#C[C@]1(O)CCC2C3=CCc4cc(OC(C)=O)ccc4C3CC[C@@]21C. The summed E-state index contributed by atoms with van der Waals surface area (Å²) >= 11 is 0. The number of ether oxygens (including phenoxy) is 1. The Labute approximate surface area is 149 Å². The van der Waals surface area contributed by atoms with Crippen molar-refractivity contribution in [3.05, 3.63) is 41.0 Å². The highest BCUT2D eigenvalue weighted by Crippen LogP contribution is 2.62. The minimum atomic E-state index is -0.983. The molecule has 130 valence electrons. The van der Waals surface area contributed by atoms with E-state index in [9.17, 15) is 9.90 Å². The fourth-order valence-corrected chi connectivity index (χ4v) is 5.43. The lowest BCUT2D eigenvalue weighted by atomic mass is 9.57. The van der Waals surface area contributed by atoms with Crippen LogP contribution in [0.4, 0.5) is 0 Å². The van der Waals surface area contributed by atoms with Crippen LogP contribution >= 0.6 is 0 Å². The van der Waals surface area contributed by atoms with Gasteiger partial charge in [0, 0.05) is 18.3 Å². The van der Waals surface area contributed by atoms with E-state index in [0.717, 1.165) is 25.7 Å². The summed E-state index contributed by atoms with van der Waals surface area (Å²) in [5.74, 6) is 3.78. The molecule has 0 saturated heterocycles. The Morgan fingerprint density at radius 3 is 2.88 bits per heavy atom. The van der Waals surface area contributed by atoms with Crippen molar-refractivity contribution in [1.82, 2.24) is 0 Å². The third-order valence-electron chi connectivity index (χ3n) is 6.81. The average molecular weight is 336 g/mol. The van der Waals surface area contributed by atoms with Crippen LogP contribution in [-0.2, 0) is 11.2 Å². The molecule has 1 aromatic carbocycles. The second kappa shape index (κ2) is 5.47. The van der Waals surface area contributed by atoms with Crippen molar-refractivity contribution in [1.29, 1.82) is 0 Å². The van der Waals surface area contributed by atoms with Crippen molar-refractivity contribution in [2.45, 2.75) is 57.5 Å². The first-order valence-corrected chi connectivity index (χ1v) is 9.09. The van der Waals surface area contributed by atoms with Crippen molar-refractivity contribution < 1.29 is 14.6 Å². The van der Waals surface area contributed by atoms with Crippen LogP contribution in [0.15, 0.2) is 29.8 Å². The molecule has 3 nitrogen and oxygen atoms in total. The first kappa shape index (κ1) is 16.4. The Balaban J connectivity index is 1.68. The van der Waals surface area contributed by atoms with Crippen LogP contribution in [0.2, 0.25) is 0 Å². The molecule has 0 spiro atoms. The largest absolute Gasteiger partial charge is 0.427 e. The van der Waals surface area contributed by atoms with E-state index in [1.54, 1.807) is 0 Å². The normalized spacial score (nSPS) is 35.7. The van der Waals surface area contributed by atoms with Crippen molar-refractivity contribution in [3.63, 3.8) is 0 Å². The van der Waals surface area contributed by atoms with Gasteiger partial charge in [-0.3, -0.25) is 4.79 Å². The minimum Gasteiger partial charge on any atom is -0.427 e. The van der Waals surface area contributed by atoms with E-state index >= 15 is 0 Å². The highest BCUT2D eigenvalue weighted by atomic mass is 16.5. The summed E-state index contributed by atoms with van der Waals surface area (Å²) < 4.78 is 5.23. The molecule has 4 rings (SSSR count). The molecule has 1 N–H and O–H groups in total. The van der Waals surface area contributed by atoms with Gasteiger partial charge in [-0.25, -0.2) is 0 Å². The van der Waals surface area contributed by atoms with Gasteiger partial charge >= 0.3 is 5.97 Å². The Morgan fingerprint density at radius 1 is 1.36 bits per heavy atom. The summed E-state index contributed by atoms with van der Waals surface area (Å²) in [4.78, 5) is 11.2. The van der Waals surface area contributed by atoms with Crippen molar-refractivity contribution in [2.75, 3.05) is 0 Å². The monoisotopic (exact) mass is 336 g/mol. The Kier molecular flexibility index (Phi) is 3.60. The molecule has 2 saturated carbocycles. The molecule has 0 amide bonds. The molecule has 1 aromatic rings. The van der Waals surface area contributed by atoms with Crippen LogP contribution in [-0.4, -0.2) is 16.7 Å². The number of terminal acetylenes is 1. The van der Waals surface area contributed by atoms with Gasteiger partial charge in [0.05, 0.1) is 0 Å². The summed E-state index contributed by atoms with van der Waals surface area (Å²) in [7, 11) is 0. The number of aliphatic hydroxyl groups is 1. The number of benzene rings is 1. The maximum Gasteiger partial charge on any atom is 0.308 e. The number of hydrogen-bond donors (Lipinski definition) is 1. The highest BCUT2D eigenvalue weighted by molar-refractivity contribution is 5.69. The summed E-state index contributed by atoms with van der Waals surface area (Å²) in [6.45, 7) is 3.59. The summed E-state index contributed by atoms with van der Waals surface area (Å²) in [5, 5.41) is 10.9. The van der Waals surface area contributed by atoms with Crippen LogP contribution in [0, 0.1) is 23.7 Å². The molecule has 0 aromatic heterocycles. The third kappa shape index (κ3) is 2.28. The van der Waals surface area contributed by atoms with E-state index in [2.05, 4.69) is 25.0 Å². The zero-order valence-corrected chi connectivity index (χ0v) is 14.8. The van der Waals surface area contributed by atoms with E-state index in [1.807, 2.05) is 12.1 Å². The molecule has 0 aliphatic heterocycles. The average Bonchev–Trinajstić information content (AvgIpc) is 2.86. The predicted octanol–water partition coefficient (Wildman–Crippen LogP) is 3.75. The van der Waals surface area contributed by atoms with Crippen molar-refractivity contribution >= 4 is 5.97 Å². The van der Waals surface area contributed by atoms with Crippen LogP contribution < -0.4 is 4.74 Å². The van der Waals surface area contributed by atoms with E-state index in [1.165, 1.54) is 23.6 Å². The molecule has 4 atom stereocenters. The highest BCUT2D eigenvalue weighted by Gasteiger charge is 2.59. The molecule has 3 heteroatoms. The first-order chi connectivity index (χ1) is 11.9. The van der Waals surface area contributed by atoms with Crippen molar-refractivity contribution in [3.8, 4) is 18.1 Å². The van der Waals surface area contributed by atoms with Gasteiger partial charge in [0.25, 0.3) is 0 Å². The predicted molar refractivity (Wildman–Crippen MR) is 96.1 cm³/mol. The van der Waals surface area contributed by atoms with Crippen LogP contribution in [0.5, 0.6) is 5.75 Å². The van der Waals surface area contributed by atoms with Crippen LogP contribution in [0.1, 0.15) is 56.6 Å². The fraction of sp³-hybridized carbons (Fsp3) is 0.500. The van der Waals surface area contributed by atoms with Gasteiger partial charge in [-0.1, -0.05) is 30.6 Å². The van der Waals surface area contributed by atoms with Crippen LogP contribution in [0.25, 0.3) is 0 Å². The number of carbonyl (C=O) groups is 1. The Hall–Kier alpha value is -2.05. The molecular formula is C22H24O3. The van der Waals surface area contributed by atoms with Gasteiger partial charge in [-0.2, -0.15) is 0 Å². The van der Waals surface area contributed by atoms with Gasteiger partial charge in [0.2, 0.25) is 0 Å². The molecule has 2 unspecified atom stereocenters. The van der Waals surface area contributed by atoms with E-state index in [4.69, 9.17) is 11.2 Å². The molecule has 3 aliphatic rings. The summed E-state index contributed by atoms with van der Waals surface area (Å²) in [5.41, 5.74) is 2.82. The van der Waals surface area contributed by atoms with Gasteiger partial charge in [-0.05, 0) is 61.3 Å². The third-order valence-corrected chi connectivity index (χ3v) is 6.81. The van der Waals surface area contributed by atoms with E-state index in [-0.39, 0.29) is 11.4 Å². The van der Waals surface area contributed by atoms with Gasteiger partial charge in [0.15, 0.2) is 0 Å². The lowest BCUT2D eigenvalue weighted by Gasteiger charge is -2.48. The zero-order valence-electron chi connectivity index (χ0n) is 14.8. The number of carbonyl (C=O) groups excluding carboxylic acids is 1. The Morgan fingerprint density at radius 2 is 2.16 bits per heavy atom. The van der Waals surface area contributed by atoms with E-state index in [0.29, 0.717) is 24.0 Å². The summed E-state index contributed by atoms with van der Waals surface area (Å²) in [6.07, 6.45) is 12.5. The van der Waals surface area contributed by atoms with E-state index < -0.39 is 5.60 Å². The lowest BCUT2D eigenvalue weighted by Crippen LogP contribution is -2.47. The number of fused-ring (bicyclic) bond motifs is 5. The number of rotatable bonds is 1. The molecule has 2 fully saturated rings. The topological polar surface area (TPSA) is 46.5 Å². The quantitative estimate of drug-likeness (QED) is 0.368. The zero-order chi connectivity index (χ0) is 17.8. The molecule has 25 heavy (non-hydrogen) atoms. The number of esters is 1. The van der Waals surface area contributed by atoms with Gasteiger partial charge in [0.1, 0.15) is 11.4 Å². The van der Waals surface area contributed by atoms with Crippen LogP contribution in [0.3, 0.4) is 0 Å². The Bertz CT molecular complexity index is 815. The number of hydrogen-bond acceptors (Lipinski definition) is 3. The fourth-order valence-electron chi connectivity index (χ4n) is 5.43. The van der Waals surface area contributed by atoms with Crippen molar-refractivity contribution in [2.24, 2.45) is 11.3 Å². The second-order valence-corrected chi connectivity index (χ2v) is 7.97. The second-order valence-electron chi connectivity index (χ2n) is 7.97. The standard InChI is InChI=1S/C22H24O3/c1-4-22(24)12-10-20-19-7-5-15-13-16(25-14(2)23)6-8-17(15)18(19)9-11-21(20,22)3/h1,6-8,13,18,20,24H,5,9-12H2,2-3H3/t18?,20?,21-,22-/m0/s1. The first-order valence-electron chi connectivity index (χ1n) is 9.09. The maximum absolute atomic E-state index is 11.2. The maximum atomic E-state index is 11.2.